The summed E-state index contributed by atoms with van der Waals surface area (Å²) in [6.07, 6.45) is 18.6. The number of phenolic OH excluding ortho intramolecular Hbond substituents is 3. The van der Waals surface area contributed by atoms with Crippen molar-refractivity contribution in [2.24, 2.45) is 38.7 Å². The Hall–Kier alpha value is -11.8. The van der Waals surface area contributed by atoms with E-state index in [0.29, 0.717) is 103 Å². The number of hydrogen-bond donors (Lipinski definition) is 7. The Bertz CT molecular complexity index is 5080. The Balaban J connectivity index is 0.000000171. The number of carbonyl (C=O) groups excluding carboxylic acids is 3. The summed E-state index contributed by atoms with van der Waals surface area (Å²) in [7, 11) is 18.0. The molecule has 2 amide bonds. The Kier molecular flexibility index (Phi) is 36.8. The van der Waals surface area contributed by atoms with E-state index in [1.54, 1.807) is 114 Å². The number of alkyl halides is 1. The number of halogens is 1. The van der Waals surface area contributed by atoms with Crippen LogP contribution in [0.2, 0.25) is 0 Å². The lowest BCUT2D eigenvalue weighted by Gasteiger charge is -2.25. The molecule has 5 aliphatic rings. The van der Waals surface area contributed by atoms with E-state index < -0.39 is 5.97 Å². The van der Waals surface area contributed by atoms with Crippen LogP contribution in [0.3, 0.4) is 0 Å². The lowest BCUT2D eigenvalue weighted by Crippen LogP contribution is -2.32. The van der Waals surface area contributed by atoms with Gasteiger partial charge in [0.25, 0.3) is 11.8 Å². The molecule has 0 aliphatic heterocycles. The minimum absolute atomic E-state index is 0.0166. The highest BCUT2D eigenvalue weighted by Crippen LogP contribution is 2.42. The van der Waals surface area contributed by atoms with Gasteiger partial charge in [0, 0.05) is 117 Å². The number of rotatable bonds is 30. The van der Waals surface area contributed by atoms with Crippen LogP contribution in [-0.4, -0.2) is 148 Å². The van der Waals surface area contributed by atoms with Gasteiger partial charge in [0.1, 0.15) is 63.1 Å². The molecule has 7 aromatic carbocycles. The maximum Gasteiger partial charge on any atom is 0.354 e. The first-order valence-electron chi connectivity index (χ1n) is 41.6. The SMILES string of the molecule is BrCC1CCCC1.COc1c(O)cccc1C=O.COc1ccc(CN(Cc2cccc(O)c2C)C(=O)c2cc(C3CC3)nn2C)c(OC)c1.COc1ccc(CN)c(OC)c1.COc1ccc(CNCc2cccc(O)c2OC)c(OC)c1.Cc1c(CNC(=O)c2cc(C3CC3)nn2C)cccc1OCC1CCCC1.Cn1nc(C2CC2)cc1C(=O)O. The van der Waals surface area contributed by atoms with Gasteiger partial charge in [0.05, 0.1) is 92.7 Å². The van der Waals surface area contributed by atoms with Crippen LogP contribution < -0.4 is 59.0 Å². The molecule has 0 unspecified atom stereocenters. The number of nitrogens with two attached hydrogens (primary N) is 1. The van der Waals surface area contributed by atoms with Crippen LogP contribution in [0.1, 0.15) is 211 Å². The van der Waals surface area contributed by atoms with Crippen molar-refractivity contribution < 1.29 is 82.2 Å². The van der Waals surface area contributed by atoms with Crippen LogP contribution in [0, 0.1) is 25.7 Å². The fourth-order valence-corrected chi connectivity index (χ4v) is 15.0. The summed E-state index contributed by atoms with van der Waals surface area (Å²) < 4.78 is 52.5. The molecule has 0 saturated heterocycles. The van der Waals surface area contributed by atoms with Gasteiger partial charge >= 0.3 is 5.97 Å². The molecular formula is C95H121BrN10O17. The first-order chi connectivity index (χ1) is 59.4. The number of aromatic nitrogens is 6. The molecule has 27 nitrogen and oxygen atoms in total. The molecule has 0 radical (unpaired) electrons. The average Bonchev–Trinajstić information content (AvgIpc) is 1.67. The number of nitrogens with zero attached hydrogens (tertiary/aromatic N) is 7. The number of carboxylic acid groups (broad SMARTS) is 1. The topological polar surface area (TPSA) is 339 Å². The molecule has 28 heteroatoms. The number of hydrogen-bond acceptors (Lipinski definition) is 21. The minimum atomic E-state index is -0.906. The van der Waals surface area contributed by atoms with Gasteiger partial charge < -0.3 is 84.3 Å². The number of nitrogens with one attached hydrogen (secondary N) is 2. The van der Waals surface area contributed by atoms with E-state index in [9.17, 15) is 29.4 Å². The van der Waals surface area contributed by atoms with Crippen molar-refractivity contribution in [3.8, 4) is 69.0 Å². The van der Waals surface area contributed by atoms with Crippen LogP contribution in [-0.2, 0) is 60.4 Å². The van der Waals surface area contributed by atoms with Crippen LogP contribution in [0.25, 0.3) is 0 Å². The predicted octanol–water partition coefficient (Wildman–Crippen LogP) is 16.9. The molecule has 0 atom stereocenters. The predicted molar refractivity (Wildman–Crippen MR) is 476 cm³/mol. The van der Waals surface area contributed by atoms with E-state index in [0.717, 1.165) is 129 Å². The van der Waals surface area contributed by atoms with E-state index in [-0.39, 0.29) is 40.5 Å². The fraction of sp³-hybridized carbons (Fsp3) is 0.421. The van der Waals surface area contributed by atoms with Gasteiger partial charge in [0.2, 0.25) is 0 Å². The van der Waals surface area contributed by atoms with Crippen molar-refractivity contribution in [1.82, 2.24) is 44.9 Å². The van der Waals surface area contributed by atoms with Gasteiger partial charge in [-0.3, -0.25) is 28.4 Å². The van der Waals surface area contributed by atoms with Crippen LogP contribution in [0.5, 0.6) is 69.0 Å². The van der Waals surface area contributed by atoms with Gasteiger partial charge in [-0.2, -0.15) is 15.3 Å². The van der Waals surface area contributed by atoms with Gasteiger partial charge in [-0.05, 0) is 185 Å². The lowest BCUT2D eigenvalue weighted by atomic mass is 10.1. The molecule has 15 rings (SSSR count). The van der Waals surface area contributed by atoms with Gasteiger partial charge in [-0.15, -0.1) is 0 Å². The maximum atomic E-state index is 13.7. The average molecular weight is 1750 g/mol. The van der Waals surface area contributed by atoms with Crippen LogP contribution in [0.15, 0.2) is 146 Å². The van der Waals surface area contributed by atoms with Gasteiger partial charge in [-0.25, -0.2) is 4.79 Å². The fourth-order valence-electron chi connectivity index (χ4n) is 14.4. The standard InChI is InChI=1S/C25H29N3O4.C22H29N3O2.C17H21NO4.C9H13NO2.C8H10N2O2.C8H8O3.C6H11Br/c1-16-18(6-5-7-23(16)29)14-28(15-19-10-11-20(31-3)12-24(19)32-4)25(30)22-13-21(17-8-9-17)26-27(22)2;1-15-18(8-5-9-21(15)27-14-16-6-3-4-7-16)13-23-22(26)20-12-19(17-10-11-17)24-25(20)2;1-20-14-8-7-12(16(9-14)21-2)10-18-11-13-5-4-6-15(19)17(13)22-3;1-11-8-4-3-7(6-10)9(5-8)12-2;1-10-7(8(11)12)4-6(9-10)5-2-3-5;1-11-8-6(5-9)3-2-4-7(8)10;7-5-6-3-1-2-4-6/h5-7,10-13,17,29H,8-9,14-15H2,1-4H3;5,8-9,12,16-17H,3-4,6-7,10-11,13-14H2,1-2H3,(H,23,26);4-9,18-19H,10-11H2,1-3H3;3-5H,6,10H2,1-2H3;4-5H,2-3H2,1H3,(H,11,12);2-5,10H,1H3;6H,1-5H2. The summed E-state index contributed by atoms with van der Waals surface area (Å²) in [5, 5.41) is 58.5. The van der Waals surface area contributed by atoms with Crippen molar-refractivity contribution >= 4 is 40.0 Å². The highest BCUT2D eigenvalue weighted by molar-refractivity contribution is 9.09. The number of benzene rings is 7. The molecule has 660 valence electrons. The zero-order valence-electron chi connectivity index (χ0n) is 73.1. The monoisotopic (exact) mass is 1750 g/mol. The number of aromatic carboxylic acids is 1. The van der Waals surface area contributed by atoms with E-state index >= 15 is 0 Å². The number of aromatic hydroxyl groups is 3. The Labute approximate surface area is 730 Å². The zero-order chi connectivity index (χ0) is 88.7. The third-order valence-corrected chi connectivity index (χ3v) is 23.1. The van der Waals surface area contributed by atoms with E-state index in [1.807, 2.05) is 112 Å². The van der Waals surface area contributed by atoms with Crippen molar-refractivity contribution in [3.05, 3.63) is 230 Å². The normalized spacial score (nSPS) is 13.7. The number of ether oxygens (including phenoxy) is 9. The number of aryl methyl sites for hydroxylation is 3. The maximum absolute atomic E-state index is 13.7. The zero-order valence-corrected chi connectivity index (χ0v) is 74.6. The Morgan fingerprint density at radius 3 is 1.40 bits per heavy atom. The summed E-state index contributed by atoms with van der Waals surface area (Å²) in [5.41, 5.74) is 17.9. The number of carboxylic acids is 1. The highest BCUT2D eigenvalue weighted by Gasteiger charge is 2.32. The molecule has 3 aromatic heterocycles. The summed E-state index contributed by atoms with van der Waals surface area (Å²) in [5.74, 6) is 8.57. The second-order valence-corrected chi connectivity index (χ2v) is 31.5. The number of aldehydes is 1. The molecule has 5 aliphatic carbocycles. The van der Waals surface area contributed by atoms with E-state index in [4.69, 9.17) is 58.6 Å². The van der Waals surface area contributed by atoms with E-state index in [1.165, 1.54) is 87.4 Å². The number of para-hydroxylation sites is 2. The quantitative estimate of drug-likeness (QED) is 0.0162. The highest BCUT2D eigenvalue weighted by atomic mass is 79.9. The Morgan fingerprint density at radius 1 is 0.472 bits per heavy atom. The van der Waals surface area contributed by atoms with Crippen LogP contribution in [0.4, 0.5) is 0 Å². The van der Waals surface area contributed by atoms with Crippen molar-refractivity contribution in [2.75, 3.05) is 68.8 Å². The molecule has 0 spiro atoms. The molecule has 8 N–H and O–H groups in total. The van der Waals surface area contributed by atoms with Crippen molar-refractivity contribution in [2.45, 2.75) is 161 Å². The molecule has 123 heavy (non-hydrogen) atoms. The first-order valence-corrected chi connectivity index (χ1v) is 42.7. The third kappa shape index (κ3) is 27.6. The summed E-state index contributed by atoms with van der Waals surface area (Å²) in [4.78, 5) is 49.0. The summed E-state index contributed by atoms with van der Waals surface area (Å²) in [6.45, 7) is 7.59. The number of amides is 2. The minimum Gasteiger partial charge on any atom is -0.508 e. The third-order valence-electron chi connectivity index (χ3n) is 22.2. The van der Waals surface area contributed by atoms with Crippen LogP contribution >= 0.6 is 15.9 Å². The molecular weight excluding hydrogens is 1630 g/mol. The first kappa shape index (κ1) is 95.1. The second-order valence-electron chi connectivity index (χ2n) is 30.9. The second kappa shape index (κ2) is 47.6. The molecule has 3 heterocycles. The van der Waals surface area contributed by atoms with Crippen molar-refractivity contribution in [1.29, 1.82) is 0 Å². The number of methoxy groups -OCH3 is 8. The molecule has 0 bridgehead atoms. The van der Waals surface area contributed by atoms with Crippen molar-refractivity contribution in [3.63, 3.8) is 0 Å². The summed E-state index contributed by atoms with van der Waals surface area (Å²) >= 11 is 3.48. The van der Waals surface area contributed by atoms with E-state index in [2.05, 4.69) is 54.8 Å². The number of carbonyl (C=O) groups is 4. The van der Waals surface area contributed by atoms with Gasteiger partial charge in [0.15, 0.2) is 29.3 Å². The molecule has 5 fully saturated rings. The van der Waals surface area contributed by atoms with Gasteiger partial charge in [-0.1, -0.05) is 96.2 Å². The summed E-state index contributed by atoms with van der Waals surface area (Å²) in [6, 6.07) is 43.8. The molecule has 10 aromatic rings. The largest absolute Gasteiger partial charge is 0.508 e. The lowest BCUT2D eigenvalue weighted by molar-refractivity contribution is 0.0682. The Morgan fingerprint density at radius 2 is 0.911 bits per heavy atom. The number of phenols is 3. The smallest absolute Gasteiger partial charge is 0.354 e. The molecule has 5 saturated carbocycles.